The van der Waals surface area contributed by atoms with Crippen LogP contribution in [0.2, 0.25) is 0 Å². The van der Waals surface area contributed by atoms with E-state index < -0.39 is 0 Å². The number of hydrogen-bond acceptors (Lipinski definition) is 3. The Labute approximate surface area is 202 Å². The molecule has 2 fully saturated rings. The summed E-state index contributed by atoms with van der Waals surface area (Å²) in [6, 6.07) is 22.3. The average Bonchev–Trinajstić information content (AvgIpc) is 3.43. The number of fused-ring (bicyclic) bond motifs is 1. The number of carbonyl (C=O) groups is 2. The summed E-state index contributed by atoms with van der Waals surface area (Å²) in [5.74, 6) is -0.000368. The van der Waals surface area contributed by atoms with Crippen molar-refractivity contribution in [1.29, 1.82) is 0 Å². The summed E-state index contributed by atoms with van der Waals surface area (Å²) >= 11 is 0. The normalized spacial score (nSPS) is 18.3. The highest BCUT2D eigenvalue weighted by molar-refractivity contribution is 6.07. The fraction of sp³-hybridized carbons (Fsp3) is 0.379. The molecule has 2 aliphatic heterocycles. The van der Waals surface area contributed by atoms with E-state index in [2.05, 4.69) is 29.2 Å². The second kappa shape index (κ2) is 9.88. The van der Waals surface area contributed by atoms with E-state index in [-0.39, 0.29) is 17.7 Å². The van der Waals surface area contributed by atoms with Crippen LogP contribution in [0.1, 0.15) is 41.6 Å². The predicted octanol–water partition coefficient (Wildman–Crippen LogP) is 4.95. The quantitative estimate of drug-likeness (QED) is 0.547. The molecule has 3 aromatic rings. The number of para-hydroxylation sites is 1. The third kappa shape index (κ3) is 4.52. The first-order chi connectivity index (χ1) is 16.6. The highest BCUT2D eigenvalue weighted by atomic mass is 16.2. The van der Waals surface area contributed by atoms with Crippen LogP contribution in [0.4, 0.5) is 5.69 Å². The Balaban J connectivity index is 1.28. The first-order valence-electron chi connectivity index (χ1n) is 12.5. The van der Waals surface area contributed by atoms with Gasteiger partial charge >= 0.3 is 0 Å². The van der Waals surface area contributed by atoms with Gasteiger partial charge in [0.2, 0.25) is 5.91 Å². The molecule has 2 heterocycles. The molecule has 0 aromatic heterocycles. The van der Waals surface area contributed by atoms with E-state index in [1.54, 1.807) is 0 Å². The maximum absolute atomic E-state index is 13.4. The van der Waals surface area contributed by atoms with Crippen LogP contribution in [0.5, 0.6) is 0 Å². The van der Waals surface area contributed by atoms with Crippen molar-refractivity contribution in [3.63, 3.8) is 0 Å². The number of benzene rings is 3. The molecule has 1 atom stereocenters. The molecule has 3 aromatic carbocycles. The number of anilines is 1. The zero-order valence-corrected chi connectivity index (χ0v) is 20.0. The third-order valence-electron chi connectivity index (χ3n) is 7.30. The molecule has 0 bridgehead atoms. The van der Waals surface area contributed by atoms with E-state index in [4.69, 9.17) is 0 Å². The van der Waals surface area contributed by atoms with E-state index in [9.17, 15) is 9.59 Å². The topological polar surface area (TPSA) is 43.9 Å². The Morgan fingerprint density at radius 1 is 0.882 bits per heavy atom. The van der Waals surface area contributed by atoms with Crippen LogP contribution >= 0.6 is 0 Å². The van der Waals surface area contributed by atoms with E-state index in [1.807, 2.05) is 59.3 Å². The average molecular weight is 456 g/mol. The van der Waals surface area contributed by atoms with Gasteiger partial charge < -0.3 is 14.7 Å². The predicted molar refractivity (Wildman–Crippen MR) is 137 cm³/mol. The van der Waals surface area contributed by atoms with Gasteiger partial charge in [0.15, 0.2) is 0 Å². The Bertz CT molecular complexity index is 1180. The molecule has 0 radical (unpaired) electrons. The molecule has 0 aliphatic carbocycles. The lowest BCUT2D eigenvalue weighted by molar-refractivity contribution is -0.136. The Morgan fingerprint density at radius 2 is 1.62 bits per heavy atom. The molecule has 176 valence electrons. The smallest absolute Gasteiger partial charge is 0.254 e. The van der Waals surface area contributed by atoms with Crippen LogP contribution in [0, 0.1) is 5.92 Å². The van der Waals surface area contributed by atoms with Crippen molar-refractivity contribution in [1.82, 2.24) is 9.80 Å². The van der Waals surface area contributed by atoms with Crippen molar-refractivity contribution < 1.29 is 9.59 Å². The van der Waals surface area contributed by atoms with Crippen molar-refractivity contribution in [3.05, 3.63) is 77.9 Å². The van der Waals surface area contributed by atoms with Crippen LogP contribution in [-0.2, 0) is 11.3 Å². The van der Waals surface area contributed by atoms with Gasteiger partial charge in [0.05, 0.1) is 5.92 Å². The first-order valence-corrected chi connectivity index (χ1v) is 12.5. The SMILES string of the molecule is CN(Cc1ccccc1N1CCCC1)C(=O)C1CCCN(C(=O)c2cccc3ccccc23)C1. The van der Waals surface area contributed by atoms with Crippen LogP contribution in [-0.4, -0.2) is 54.8 Å². The highest BCUT2D eigenvalue weighted by Gasteiger charge is 2.31. The summed E-state index contributed by atoms with van der Waals surface area (Å²) in [5, 5.41) is 2.04. The third-order valence-corrected chi connectivity index (χ3v) is 7.30. The molecule has 34 heavy (non-hydrogen) atoms. The molecular formula is C29H33N3O2. The summed E-state index contributed by atoms with van der Waals surface area (Å²) in [6.45, 7) is 3.96. The lowest BCUT2D eigenvalue weighted by atomic mass is 9.95. The van der Waals surface area contributed by atoms with E-state index >= 15 is 0 Å². The van der Waals surface area contributed by atoms with Crippen molar-refractivity contribution in [3.8, 4) is 0 Å². The molecule has 5 heteroatoms. The van der Waals surface area contributed by atoms with Crippen molar-refractivity contribution >= 4 is 28.3 Å². The number of carbonyl (C=O) groups excluding carboxylic acids is 2. The van der Waals surface area contributed by atoms with Gasteiger partial charge in [-0.1, -0.05) is 54.6 Å². The fourth-order valence-corrected chi connectivity index (χ4v) is 5.50. The second-order valence-electron chi connectivity index (χ2n) is 9.63. The van der Waals surface area contributed by atoms with Gasteiger partial charge in [0, 0.05) is 51.0 Å². The molecule has 1 unspecified atom stereocenters. The maximum atomic E-state index is 13.4. The van der Waals surface area contributed by atoms with Gasteiger partial charge in [-0.3, -0.25) is 9.59 Å². The van der Waals surface area contributed by atoms with Crippen LogP contribution in [0.3, 0.4) is 0 Å². The first kappa shape index (κ1) is 22.5. The number of hydrogen-bond donors (Lipinski definition) is 0. The molecule has 2 amide bonds. The maximum Gasteiger partial charge on any atom is 0.254 e. The second-order valence-corrected chi connectivity index (χ2v) is 9.63. The molecule has 0 saturated carbocycles. The molecule has 0 N–H and O–H groups in total. The van der Waals surface area contributed by atoms with Crippen molar-refractivity contribution in [2.75, 3.05) is 38.1 Å². The van der Waals surface area contributed by atoms with E-state index in [1.165, 1.54) is 24.1 Å². The van der Waals surface area contributed by atoms with Gasteiger partial charge in [0.1, 0.15) is 0 Å². The van der Waals surface area contributed by atoms with Gasteiger partial charge in [0.25, 0.3) is 5.91 Å². The van der Waals surface area contributed by atoms with Gasteiger partial charge in [-0.15, -0.1) is 0 Å². The molecule has 2 saturated heterocycles. The molecular weight excluding hydrogens is 422 g/mol. The lowest BCUT2D eigenvalue weighted by Crippen LogP contribution is -2.45. The Hall–Kier alpha value is -3.34. The minimum atomic E-state index is -0.156. The lowest BCUT2D eigenvalue weighted by Gasteiger charge is -2.34. The van der Waals surface area contributed by atoms with Crippen molar-refractivity contribution in [2.24, 2.45) is 5.92 Å². The number of amides is 2. The number of likely N-dealkylation sites (tertiary alicyclic amines) is 1. The molecule has 5 nitrogen and oxygen atoms in total. The van der Waals surface area contributed by atoms with Crippen LogP contribution in [0.25, 0.3) is 10.8 Å². The van der Waals surface area contributed by atoms with Gasteiger partial charge in [-0.25, -0.2) is 0 Å². The van der Waals surface area contributed by atoms with Crippen LogP contribution in [0.15, 0.2) is 66.7 Å². The summed E-state index contributed by atoms with van der Waals surface area (Å²) in [5.41, 5.74) is 3.16. The summed E-state index contributed by atoms with van der Waals surface area (Å²) < 4.78 is 0. The monoisotopic (exact) mass is 455 g/mol. The minimum absolute atomic E-state index is 0.0244. The molecule has 5 rings (SSSR count). The van der Waals surface area contributed by atoms with E-state index in [0.717, 1.165) is 42.3 Å². The number of nitrogens with zero attached hydrogens (tertiary/aromatic N) is 3. The van der Waals surface area contributed by atoms with Gasteiger partial charge in [-0.05, 0) is 54.2 Å². The molecule has 0 spiro atoms. The number of rotatable bonds is 5. The summed E-state index contributed by atoms with van der Waals surface area (Å²) in [4.78, 5) is 33.0. The Kier molecular flexibility index (Phi) is 6.52. The minimum Gasteiger partial charge on any atom is -0.371 e. The number of piperidine rings is 1. The van der Waals surface area contributed by atoms with Crippen molar-refractivity contribution in [2.45, 2.75) is 32.2 Å². The fourth-order valence-electron chi connectivity index (χ4n) is 5.50. The zero-order valence-electron chi connectivity index (χ0n) is 20.0. The largest absolute Gasteiger partial charge is 0.371 e. The summed E-state index contributed by atoms with van der Waals surface area (Å²) in [7, 11) is 1.90. The van der Waals surface area contributed by atoms with E-state index in [0.29, 0.717) is 19.6 Å². The molecule has 2 aliphatic rings. The summed E-state index contributed by atoms with van der Waals surface area (Å²) in [6.07, 6.45) is 4.14. The Morgan fingerprint density at radius 3 is 2.47 bits per heavy atom. The van der Waals surface area contributed by atoms with Crippen LogP contribution < -0.4 is 4.90 Å². The highest BCUT2D eigenvalue weighted by Crippen LogP contribution is 2.28. The standard InChI is InChI=1S/C29H33N3O2/c1-30(20-23-11-3-5-16-27(23)31-17-6-7-18-31)28(33)24-13-9-19-32(21-24)29(34)26-15-8-12-22-10-2-4-14-25(22)26/h2-5,8,10-12,14-16,24H,6-7,9,13,17-21H2,1H3. The van der Waals surface area contributed by atoms with Gasteiger partial charge in [-0.2, -0.15) is 0 Å². The zero-order chi connectivity index (χ0) is 23.5.